The fourth-order valence-corrected chi connectivity index (χ4v) is 2.76. The summed E-state index contributed by atoms with van der Waals surface area (Å²) in [7, 11) is 1.93. The van der Waals surface area contributed by atoms with Gasteiger partial charge in [-0.25, -0.2) is 4.98 Å². The molecule has 0 saturated heterocycles. The van der Waals surface area contributed by atoms with Crippen molar-refractivity contribution in [2.45, 2.75) is 25.9 Å². The molecule has 0 radical (unpaired) electrons. The molecular weight excluding hydrogens is 268 g/mol. The second-order valence-electron chi connectivity index (χ2n) is 5.47. The lowest BCUT2D eigenvalue weighted by Gasteiger charge is -2.34. The van der Waals surface area contributed by atoms with Crippen LogP contribution in [0.15, 0.2) is 24.8 Å². The number of hydrogen-bond donors (Lipinski definition) is 1. The van der Waals surface area contributed by atoms with Crippen LogP contribution in [0.3, 0.4) is 0 Å². The van der Waals surface area contributed by atoms with Crippen LogP contribution in [0.4, 0.5) is 0 Å². The molecule has 2 aromatic heterocycles. The lowest BCUT2D eigenvalue weighted by molar-refractivity contribution is 0.0535. The van der Waals surface area contributed by atoms with Crippen LogP contribution >= 0.6 is 0 Å². The first-order valence-corrected chi connectivity index (χ1v) is 6.92. The molecule has 1 atom stereocenters. The van der Waals surface area contributed by atoms with Crippen LogP contribution in [0.5, 0.6) is 0 Å². The number of aromatic nitrogens is 3. The highest BCUT2D eigenvalue weighted by molar-refractivity contribution is 5.94. The molecule has 1 N–H and O–H groups in total. The minimum Gasteiger partial charge on any atom is -0.394 e. The molecule has 6 nitrogen and oxygen atoms in total. The zero-order valence-electron chi connectivity index (χ0n) is 12.2. The van der Waals surface area contributed by atoms with Gasteiger partial charge in [0, 0.05) is 31.6 Å². The zero-order chi connectivity index (χ0) is 15.0. The fourth-order valence-electron chi connectivity index (χ4n) is 2.76. The summed E-state index contributed by atoms with van der Waals surface area (Å²) in [4.78, 5) is 22.8. The minimum atomic E-state index is -0.221. The maximum Gasteiger partial charge on any atom is 0.256 e. The van der Waals surface area contributed by atoms with Crippen LogP contribution in [0, 0.1) is 6.92 Å². The zero-order valence-corrected chi connectivity index (χ0v) is 12.2. The fraction of sp³-hybridized carbons (Fsp3) is 0.400. The van der Waals surface area contributed by atoms with Crippen LogP contribution in [0.1, 0.15) is 27.3 Å². The van der Waals surface area contributed by atoms with E-state index in [0.717, 1.165) is 17.0 Å². The van der Waals surface area contributed by atoms with Gasteiger partial charge in [0.05, 0.1) is 36.8 Å². The van der Waals surface area contributed by atoms with Gasteiger partial charge < -0.3 is 14.6 Å². The summed E-state index contributed by atoms with van der Waals surface area (Å²) in [6.45, 7) is 2.27. The van der Waals surface area contributed by atoms with E-state index in [-0.39, 0.29) is 18.6 Å². The van der Waals surface area contributed by atoms with E-state index in [1.807, 2.05) is 24.6 Å². The third-order valence-electron chi connectivity index (χ3n) is 3.93. The first-order chi connectivity index (χ1) is 10.1. The highest BCUT2D eigenvalue weighted by atomic mass is 16.3. The molecule has 0 saturated carbocycles. The van der Waals surface area contributed by atoms with E-state index in [0.29, 0.717) is 18.5 Å². The Kier molecular flexibility index (Phi) is 3.47. The third-order valence-corrected chi connectivity index (χ3v) is 3.93. The van der Waals surface area contributed by atoms with Gasteiger partial charge in [-0.3, -0.25) is 9.78 Å². The highest BCUT2D eigenvalue weighted by Crippen LogP contribution is 2.23. The average Bonchev–Trinajstić information content (AvgIpc) is 2.86. The van der Waals surface area contributed by atoms with Crippen LogP contribution in [0.2, 0.25) is 0 Å². The largest absolute Gasteiger partial charge is 0.394 e. The topological polar surface area (TPSA) is 71.2 Å². The Morgan fingerprint density at radius 3 is 3.00 bits per heavy atom. The van der Waals surface area contributed by atoms with E-state index >= 15 is 0 Å². The predicted molar refractivity (Wildman–Crippen MR) is 76.6 cm³/mol. The number of carbonyl (C=O) groups excluding carboxylic acids is 1. The first kappa shape index (κ1) is 13.8. The van der Waals surface area contributed by atoms with Crippen molar-refractivity contribution < 1.29 is 9.90 Å². The second-order valence-corrected chi connectivity index (χ2v) is 5.47. The molecule has 0 aromatic carbocycles. The number of carbonyl (C=O) groups is 1. The van der Waals surface area contributed by atoms with E-state index in [9.17, 15) is 9.90 Å². The van der Waals surface area contributed by atoms with Gasteiger partial charge in [0.2, 0.25) is 0 Å². The van der Waals surface area contributed by atoms with Crippen molar-refractivity contribution in [3.8, 4) is 0 Å². The van der Waals surface area contributed by atoms with Gasteiger partial charge >= 0.3 is 0 Å². The molecule has 1 aliphatic heterocycles. The van der Waals surface area contributed by atoms with Crippen LogP contribution in [-0.2, 0) is 20.0 Å². The van der Waals surface area contributed by atoms with Crippen LogP contribution in [-0.4, -0.2) is 43.1 Å². The summed E-state index contributed by atoms with van der Waals surface area (Å²) in [5.41, 5.74) is 3.47. The molecule has 0 spiro atoms. The molecular formula is C15H18N4O2. The van der Waals surface area contributed by atoms with Gasteiger partial charge in [-0.05, 0) is 18.6 Å². The van der Waals surface area contributed by atoms with Crippen molar-refractivity contribution in [1.82, 2.24) is 19.4 Å². The molecule has 3 heterocycles. The molecule has 21 heavy (non-hydrogen) atoms. The summed E-state index contributed by atoms with van der Waals surface area (Å²) in [6.07, 6.45) is 5.65. The Hall–Kier alpha value is -2.21. The molecule has 2 aromatic rings. The number of aryl methyl sites for hydroxylation is 2. The van der Waals surface area contributed by atoms with E-state index in [2.05, 4.69) is 9.97 Å². The molecule has 1 amide bonds. The minimum absolute atomic E-state index is 0.0599. The van der Waals surface area contributed by atoms with Gasteiger partial charge in [0.1, 0.15) is 0 Å². The SMILES string of the molecule is Cc1cncc(C(=O)N2Cc3ncn(C)c3CC2CO)c1. The Morgan fingerprint density at radius 2 is 2.29 bits per heavy atom. The van der Waals surface area contributed by atoms with Crippen molar-refractivity contribution in [3.05, 3.63) is 47.3 Å². The summed E-state index contributed by atoms with van der Waals surface area (Å²) >= 11 is 0. The predicted octanol–water partition coefficient (Wildman–Crippen LogP) is 0.683. The Bertz CT molecular complexity index is 680. The molecule has 0 bridgehead atoms. The Labute approximate surface area is 123 Å². The second kappa shape index (κ2) is 5.29. The molecule has 110 valence electrons. The summed E-state index contributed by atoms with van der Waals surface area (Å²) in [5, 5.41) is 9.63. The molecule has 6 heteroatoms. The number of hydrogen-bond acceptors (Lipinski definition) is 4. The van der Waals surface area contributed by atoms with Crippen molar-refractivity contribution in [2.24, 2.45) is 7.05 Å². The van der Waals surface area contributed by atoms with Gasteiger partial charge in [-0.2, -0.15) is 0 Å². The highest BCUT2D eigenvalue weighted by Gasteiger charge is 2.32. The van der Waals surface area contributed by atoms with E-state index < -0.39 is 0 Å². The molecule has 1 unspecified atom stereocenters. The van der Waals surface area contributed by atoms with Crippen molar-refractivity contribution in [2.75, 3.05) is 6.61 Å². The average molecular weight is 286 g/mol. The summed E-state index contributed by atoms with van der Waals surface area (Å²) in [6, 6.07) is 1.60. The maximum atomic E-state index is 12.7. The Morgan fingerprint density at radius 1 is 1.48 bits per heavy atom. The number of nitrogens with zero attached hydrogens (tertiary/aromatic N) is 4. The maximum absolute atomic E-state index is 12.7. The number of amides is 1. The standard InChI is InChI=1S/C15H18N4O2/c1-10-3-11(6-16-5-10)15(21)19-7-13-14(4-12(19)8-20)18(2)9-17-13/h3,5-6,9,12,20H,4,7-8H2,1-2H3. The van der Waals surface area contributed by atoms with Crippen LogP contribution < -0.4 is 0 Å². The number of fused-ring (bicyclic) bond motifs is 1. The lowest BCUT2D eigenvalue weighted by Crippen LogP contribution is -2.46. The summed E-state index contributed by atoms with van der Waals surface area (Å²) < 4.78 is 1.95. The molecule has 1 aliphatic rings. The van der Waals surface area contributed by atoms with E-state index in [4.69, 9.17) is 0 Å². The number of imidazole rings is 1. The van der Waals surface area contributed by atoms with Gasteiger partial charge in [0.25, 0.3) is 5.91 Å². The quantitative estimate of drug-likeness (QED) is 0.881. The lowest BCUT2D eigenvalue weighted by atomic mass is 10.0. The van der Waals surface area contributed by atoms with Crippen LogP contribution in [0.25, 0.3) is 0 Å². The van der Waals surface area contributed by atoms with Gasteiger partial charge in [-0.1, -0.05) is 0 Å². The normalized spacial score (nSPS) is 17.7. The van der Waals surface area contributed by atoms with Crippen molar-refractivity contribution in [1.29, 1.82) is 0 Å². The third kappa shape index (κ3) is 2.42. The van der Waals surface area contributed by atoms with E-state index in [1.165, 1.54) is 0 Å². The molecule has 0 fully saturated rings. The number of rotatable bonds is 2. The van der Waals surface area contributed by atoms with Crippen molar-refractivity contribution in [3.63, 3.8) is 0 Å². The van der Waals surface area contributed by atoms with Gasteiger partial charge in [-0.15, -0.1) is 0 Å². The number of aliphatic hydroxyl groups is 1. The smallest absolute Gasteiger partial charge is 0.256 e. The molecule has 3 rings (SSSR count). The number of aliphatic hydroxyl groups excluding tert-OH is 1. The van der Waals surface area contributed by atoms with Gasteiger partial charge in [0.15, 0.2) is 0 Å². The van der Waals surface area contributed by atoms with E-state index in [1.54, 1.807) is 23.6 Å². The first-order valence-electron chi connectivity index (χ1n) is 6.92. The van der Waals surface area contributed by atoms with Crippen molar-refractivity contribution >= 4 is 5.91 Å². The number of pyridine rings is 1. The summed E-state index contributed by atoms with van der Waals surface area (Å²) in [5.74, 6) is -0.110. The molecule has 0 aliphatic carbocycles. The Balaban J connectivity index is 1.92. The monoisotopic (exact) mass is 286 g/mol.